The third-order valence-corrected chi connectivity index (χ3v) is 5.86. The fourth-order valence-electron chi connectivity index (χ4n) is 3.52. The maximum atomic E-state index is 10.7. The van der Waals surface area contributed by atoms with Crippen molar-refractivity contribution >= 4 is 14.5 Å². The van der Waals surface area contributed by atoms with Crippen LogP contribution in [0.3, 0.4) is 0 Å². The Morgan fingerprint density at radius 3 is 1.62 bits per heavy atom. The van der Waals surface area contributed by atoms with Crippen LogP contribution in [0, 0.1) is 0 Å². The molecule has 3 aromatic carbocycles. The van der Waals surface area contributed by atoms with Gasteiger partial charge in [0.2, 0.25) is 0 Å². The highest BCUT2D eigenvalue weighted by atomic mass is 31.0. The topological polar surface area (TPSA) is 40.5 Å². The van der Waals surface area contributed by atoms with Gasteiger partial charge in [-0.2, -0.15) is 0 Å². The molecule has 0 saturated carbocycles. The van der Waals surface area contributed by atoms with Crippen LogP contribution in [0.4, 0.5) is 0 Å². The van der Waals surface area contributed by atoms with Gasteiger partial charge in [0.1, 0.15) is 11.5 Å². The van der Waals surface area contributed by atoms with E-state index in [-0.39, 0.29) is 22.3 Å². The Morgan fingerprint density at radius 2 is 1.10 bits per heavy atom. The fourth-order valence-corrected chi connectivity index (χ4v) is 3.94. The lowest BCUT2D eigenvalue weighted by molar-refractivity contribution is 0.475. The molecule has 0 heterocycles. The van der Waals surface area contributed by atoms with Gasteiger partial charge < -0.3 is 10.2 Å². The van der Waals surface area contributed by atoms with Crippen LogP contribution in [0.5, 0.6) is 11.5 Å². The average Bonchev–Trinajstić information content (AvgIpc) is 2.61. The quantitative estimate of drug-likeness (QED) is 0.475. The molecule has 2 N–H and O–H groups in total. The second-order valence-electron chi connectivity index (χ2n) is 9.73. The summed E-state index contributed by atoms with van der Waals surface area (Å²) in [6.45, 7) is 13.0. The molecule has 0 fully saturated rings. The van der Waals surface area contributed by atoms with E-state index < -0.39 is 0 Å². The molecule has 29 heavy (non-hydrogen) atoms. The van der Waals surface area contributed by atoms with E-state index in [0.717, 1.165) is 38.7 Å². The summed E-state index contributed by atoms with van der Waals surface area (Å²) in [5, 5.41) is 22.4. The molecule has 0 saturated heterocycles. The molecule has 0 aliphatic heterocycles. The first-order chi connectivity index (χ1) is 13.4. The van der Waals surface area contributed by atoms with Crippen molar-refractivity contribution in [3.8, 4) is 33.8 Å². The van der Waals surface area contributed by atoms with Crippen LogP contribution in [0.1, 0.15) is 52.7 Å². The van der Waals surface area contributed by atoms with Gasteiger partial charge in [-0.25, -0.2) is 0 Å². The first kappa shape index (κ1) is 21.4. The lowest BCUT2D eigenvalue weighted by Crippen LogP contribution is -2.12. The number of rotatable bonds is 2. The van der Waals surface area contributed by atoms with Crippen molar-refractivity contribution in [2.24, 2.45) is 0 Å². The molecule has 0 amide bonds. The lowest BCUT2D eigenvalue weighted by Gasteiger charge is -2.23. The Bertz CT molecular complexity index is 1050. The van der Waals surface area contributed by atoms with Crippen molar-refractivity contribution in [2.75, 3.05) is 0 Å². The minimum Gasteiger partial charge on any atom is -0.507 e. The second-order valence-corrected chi connectivity index (χ2v) is 10.4. The van der Waals surface area contributed by atoms with E-state index in [4.69, 9.17) is 0 Å². The molecule has 0 aliphatic carbocycles. The van der Waals surface area contributed by atoms with E-state index >= 15 is 0 Å². The van der Waals surface area contributed by atoms with Gasteiger partial charge in [0, 0.05) is 16.7 Å². The summed E-state index contributed by atoms with van der Waals surface area (Å²) in [4.78, 5) is 0. The largest absolute Gasteiger partial charge is 0.507 e. The third kappa shape index (κ3) is 4.33. The highest BCUT2D eigenvalue weighted by Gasteiger charge is 2.22. The van der Waals surface area contributed by atoms with Gasteiger partial charge in [0.25, 0.3) is 0 Å². The van der Waals surface area contributed by atoms with Crippen LogP contribution >= 0.6 is 9.24 Å². The van der Waals surface area contributed by atoms with Gasteiger partial charge in [-0.15, -0.1) is 9.24 Å². The van der Waals surface area contributed by atoms with E-state index in [1.54, 1.807) is 12.1 Å². The standard InChI is InChI=1S/C26H31O2P/c1-25(2,3)16-10-12-21(27)19(14-16)18-8-7-9-23(29)24(18)20-15-17(26(4,5)6)11-13-22(20)28/h7-15,27-28H,29H2,1-6H3. The number of phenols is 2. The van der Waals surface area contributed by atoms with Gasteiger partial charge in [-0.1, -0.05) is 71.9 Å². The van der Waals surface area contributed by atoms with Crippen LogP contribution in [0.25, 0.3) is 22.3 Å². The molecule has 0 bridgehead atoms. The Kier molecular flexibility index (Phi) is 5.54. The fraction of sp³-hybridized carbons (Fsp3) is 0.308. The van der Waals surface area contributed by atoms with E-state index in [1.807, 2.05) is 30.3 Å². The van der Waals surface area contributed by atoms with Crippen molar-refractivity contribution in [2.45, 2.75) is 52.4 Å². The molecule has 1 unspecified atom stereocenters. The van der Waals surface area contributed by atoms with Crippen LogP contribution in [-0.2, 0) is 10.8 Å². The minimum absolute atomic E-state index is 0.0323. The summed E-state index contributed by atoms with van der Waals surface area (Å²) in [5.41, 5.74) is 5.61. The Hall–Kier alpha value is -2.31. The van der Waals surface area contributed by atoms with Crippen molar-refractivity contribution < 1.29 is 10.2 Å². The summed E-state index contributed by atoms with van der Waals surface area (Å²) in [6.07, 6.45) is 0. The number of benzene rings is 3. The smallest absolute Gasteiger partial charge is 0.123 e. The van der Waals surface area contributed by atoms with Crippen LogP contribution in [0.2, 0.25) is 0 Å². The van der Waals surface area contributed by atoms with E-state index in [0.29, 0.717) is 0 Å². The van der Waals surface area contributed by atoms with Gasteiger partial charge in [-0.3, -0.25) is 0 Å². The Labute approximate surface area is 176 Å². The first-order valence-electron chi connectivity index (χ1n) is 9.96. The number of aromatic hydroxyl groups is 2. The lowest BCUT2D eigenvalue weighted by atomic mass is 9.82. The maximum Gasteiger partial charge on any atom is 0.123 e. The summed E-state index contributed by atoms with van der Waals surface area (Å²) in [7, 11) is 2.77. The van der Waals surface area contributed by atoms with Crippen molar-refractivity contribution in [3.63, 3.8) is 0 Å². The predicted molar refractivity (Wildman–Crippen MR) is 127 cm³/mol. The summed E-state index contributed by atoms with van der Waals surface area (Å²) in [6, 6.07) is 17.6. The number of phenolic OH excluding ortho intramolecular Hbond substituents is 2. The summed E-state index contributed by atoms with van der Waals surface area (Å²) in [5.74, 6) is 0.474. The Morgan fingerprint density at radius 1 is 0.621 bits per heavy atom. The zero-order valence-electron chi connectivity index (χ0n) is 18.2. The normalized spacial score (nSPS) is 12.2. The molecule has 3 aromatic rings. The highest BCUT2D eigenvalue weighted by molar-refractivity contribution is 7.28. The van der Waals surface area contributed by atoms with Gasteiger partial charge >= 0.3 is 0 Å². The monoisotopic (exact) mass is 406 g/mol. The van der Waals surface area contributed by atoms with E-state index in [1.165, 1.54) is 0 Å². The van der Waals surface area contributed by atoms with Crippen LogP contribution in [-0.4, -0.2) is 10.2 Å². The zero-order valence-corrected chi connectivity index (χ0v) is 19.3. The van der Waals surface area contributed by atoms with Gasteiger partial charge in [0.15, 0.2) is 0 Å². The van der Waals surface area contributed by atoms with Gasteiger partial charge in [0.05, 0.1) is 0 Å². The van der Waals surface area contributed by atoms with Crippen LogP contribution < -0.4 is 5.30 Å². The van der Waals surface area contributed by atoms with E-state index in [9.17, 15) is 10.2 Å². The van der Waals surface area contributed by atoms with Crippen LogP contribution in [0.15, 0.2) is 54.6 Å². The molecule has 152 valence electrons. The van der Waals surface area contributed by atoms with Crippen molar-refractivity contribution in [1.29, 1.82) is 0 Å². The first-order valence-corrected chi connectivity index (χ1v) is 10.5. The maximum absolute atomic E-state index is 10.7. The molecular weight excluding hydrogens is 375 g/mol. The summed E-state index contributed by atoms with van der Waals surface area (Å²) >= 11 is 0. The molecule has 1 atom stereocenters. The van der Waals surface area contributed by atoms with Crippen molar-refractivity contribution in [3.05, 3.63) is 65.7 Å². The minimum atomic E-state index is -0.0350. The average molecular weight is 407 g/mol. The molecule has 0 spiro atoms. The van der Waals surface area contributed by atoms with Gasteiger partial charge in [-0.05, 0) is 57.1 Å². The SMILES string of the molecule is CC(C)(C)c1ccc(O)c(-c2cccc(P)c2-c2cc(C(C)(C)C)ccc2O)c1. The summed E-state index contributed by atoms with van der Waals surface area (Å²) < 4.78 is 0. The molecule has 0 aromatic heterocycles. The molecular formula is C26H31O2P. The molecule has 2 nitrogen and oxygen atoms in total. The highest BCUT2D eigenvalue weighted by Crippen LogP contribution is 2.42. The molecule has 3 rings (SSSR count). The molecule has 0 radical (unpaired) electrons. The third-order valence-electron chi connectivity index (χ3n) is 5.38. The molecule has 0 aliphatic rings. The second kappa shape index (κ2) is 7.50. The predicted octanol–water partition coefficient (Wildman–Crippen LogP) is 6.53. The van der Waals surface area contributed by atoms with E-state index in [2.05, 4.69) is 62.9 Å². The zero-order chi connectivity index (χ0) is 21.6. The Balaban J connectivity index is 2.32. The molecule has 3 heteroatoms. The number of hydrogen-bond donors (Lipinski definition) is 2. The number of hydrogen-bond acceptors (Lipinski definition) is 2. The van der Waals surface area contributed by atoms with Crippen molar-refractivity contribution in [1.82, 2.24) is 0 Å².